The number of aromatic nitrogens is 2. The molecule has 0 unspecified atom stereocenters. The highest BCUT2D eigenvalue weighted by Gasteiger charge is 2.26. The molecule has 0 bridgehead atoms. The fraction of sp³-hybridized carbons (Fsp3) is 0.292. The van der Waals surface area contributed by atoms with Crippen LogP contribution in [0.1, 0.15) is 49.7 Å². The Labute approximate surface area is 186 Å². The van der Waals surface area contributed by atoms with Crippen molar-refractivity contribution >= 4 is 17.6 Å². The summed E-state index contributed by atoms with van der Waals surface area (Å²) in [6.07, 6.45) is -0.677. The van der Waals surface area contributed by atoms with Crippen molar-refractivity contribution in [1.82, 2.24) is 9.55 Å². The van der Waals surface area contributed by atoms with Crippen LogP contribution in [-0.2, 0) is 0 Å². The molecular weight excluding hydrogens is 406 g/mol. The van der Waals surface area contributed by atoms with Gasteiger partial charge in [-0.15, -0.1) is 0 Å². The highest BCUT2D eigenvalue weighted by Crippen LogP contribution is 2.33. The molecule has 0 aliphatic carbocycles. The van der Waals surface area contributed by atoms with Gasteiger partial charge in [-0.3, -0.25) is 14.7 Å². The molecule has 166 valence electrons. The minimum absolute atomic E-state index is 0.0340. The number of nitrogens with one attached hydrogen (secondary N) is 2. The molecule has 1 atom stereocenters. The number of anilines is 2. The lowest BCUT2D eigenvalue weighted by Crippen LogP contribution is -2.37. The number of aryl methyl sites for hydroxylation is 1. The number of hydrogen-bond donors (Lipinski definition) is 3. The number of guanidine groups is 1. The van der Waals surface area contributed by atoms with Crippen LogP contribution in [0.5, 0.6) is 11.5 Å². The van der Waals surface area contributed by atoms with E-state index in [2.05, 4.69) is 41.6 Å². The van der Waals surface area contributed by atoms with Crippen molar-refractivity contribution in [3.63, 3.8) is 0 Å². The Morgan fingerprint density at radius 1 is 1.19 bits per heavy atom. The predicted molar refractivity (Wildman–Crippen MR) is 126 cm³/mol. The summed E-state index contributed by atoms with van der Waals surface area (Å²) in [5.41, 5.74) is 3.18. The van der Waals surface area contributed by atoms with E-state index >= 15 is 0 Å². The Balaban J connectivity index is 1.75. The maximum Gasteiger partial charge on any atom is 0.257 e. The van der Waals surface area contributed by atoms with Crippen LogP contribution in [0, 0.1) is 6.92 Å². The first kappa shape index (κ1) is 21.4. The molecule has 0 radical (unpaired) electrons. The Kier molecular flexibility index (Phi) is 5.85. The molecule has 2 heterocycles. The van der Waals surface area contributed by atoms with E-state index in [1.807, 2.05) is 19.1 Å². The molecule has 2 aromatic carbocycles. The monoisotopic (exact) mass is 433 g/mol. The first-order valence-corrected chi connectivity index (χ1v) is 10.6. The van der Waals surface area contributed by atoms with E-state index in [0.717, 1.165) is 5.69 Å². The number of hydrogen-bond acceptors (Lipinski definition) is 7. The van der Waals surface area contributed by atoms with Crippen molar-refractivity contribution in [1.29, 1.82) is 0 Å². The minimum atomic E-state index is -0.677. The maximum atomic E-state index is 12.8. The number of nitrogens with zero attached hydrogens (tertiary/aromatic N) is 3. The molecule has 1 aliphatic heterocycles. The van der Waals surface area contributed by atoms with Gasteiger partial charge in [-0.1, -0.05) is 32.0 Å². The van der Waals surface area contributed by atoms with Crippen molar-refractivity contribution in [2.75, 3.05) is 17.2 Å². The number of ether oxygens (including phenoxy) is 1. The summed E-state index contributed by atoms with van der Waals surface area (Å²) in [7, 11) is 0. The van der Waals surface area contributed by atoms with E-state index in [1.54, 1.807) is 25.1 Å². The van der Waals surface area contributed by atoms with Crippen LogP contribution in [0.25, 0.3) is 0 Å². The average Bonchev–Trinajstić information content (AvgIpc) is 2.75. The molecular formula is C24H27N5O3. The van der Waals surface area contributed by atoms with Gasteiger partial charge < -0.3 is 15.2 Å². The average molecular weight is 434 g/mol. The summed E-state index contributed by atoms with van der Waals surface area (Å²) < 4.78 is 7.01. The zero-order chi connectivity index (χ0) is 22.8. The van der Waals surface area contributed by atoms with E-state index in [9.17, 15) is 9.90 Å². The van der Waals surface area contributed by atoms with Crippen LogP contribution in [0.15, 0.2) is 58.3 Å². The molecule has 0 amide bonds. The summed E-state index contributed by atoms with van der Waals surface area (Å²) in [6.45, 7) is 8.32. The Bertz CT molecular complexity index is 1220. The molecule has 8 heteroatoms. The van der Waals surface area contributed by atoms with E-state index in [0.29, 0.717) is 41.4 Å². The van der Waals surface area contributed by atoms with Crippen LogP contribution in [-0.4, -0.2) is 27.2 Å². The molecule has 3 N–H and O–H groups in total. The third kappa shape index (κ3) is 4.30. The number of rotatable bonds is 5. The smallest absolute Gasteiger partial charge is 0.257 e. The SMILES string of the molecule is CCOc1cc([C@@H]2N=C(Nc3ccc(C(C)C)cc3)Nc3nc(C)cc(=O)n32)ccc1O. The minimum Gasteiger partial charge on any atom is -0.504 e. The lowest BCUT2D eigenvalue weighted by atomic mass is 10.0. The molecule has 4 rings (SSSR count). The molecule has 1 aromatic heterocycles. The predicted octanol–water partition coefficient (Wildman–Crippen LogP) is 4.22. The lowest BCUT2D eigenvalue weighted by molar-refractivity contribution is 0.317. The van der Waals surface area contributed by atoms with Gasteiger partial charge in [0.25, 0.3) is 5.56 Å². The molecule has 0 spiro atoms. The molecule has 0 fully saturated rings. The number of phenols is 1. The zero-order valence-corrected chi connectivity index (χ0v) is 18.6. The molecule has 0 saturated heterocycles. The summed E-state index contributed by atoms with van der Waals surface area (Å²) in [5, 5.41) is 16.5. The fourth-order valence-electron chi connectivity index (χ4n) is 3.59. The van der Waals surface area contributed by atoms with Crippen molar-refractivity contribution < 1.29 is 9.84 Å². The number of phenolic OH excluding ortho intramolecular Hbond substituents is 1. The van der Waals surface area contributed by atoms with Crippen LogP contribution < -0.4 is 20.9 Å². The van der Waals surface area contributed by atoms with Crippen molar-refractivity contribution in [2.24, 2.45) is 4.99 Å². The highest BCUT2D eigenvalue weighted by atomic mass is 16.5. The summed E-state index contributed by atoms with van der Waals surface area (Å²) in [6, 6.07) is 14.6. The quantitative estimate of drug-likeness (QED) is 0.557. The van der Waals surface area contributed by atoms with Crippen LogP contribution >= 0.6 is 0 Å². The second-order valence-electron chi connectivity index (χ2n) is 7.97. The van der Waals surface area contributed by atoms with Gasteiger partial charge in [0.2, 0.25) is 11.9 Å². The zero-order valence-electron chi connectivity index (χ0n) is 18.6. The van der Waals surface area contributed by atoms with Gasteiger partial charge in [-0.2, -0.15) is 0 Å². The van der Waals surface area contributed by atoms with E-state index in [4.69, 9.17) is 9.73 Å². The molecule has 8 nitrogen and oxygen atoms in total. The lowest BCUT2D eigenvalue weighted by Gasteiger charge is -2.27. The van der Waals surface area contributed by atoms with Crippen molar-refractivity contribution in [3.8, 4) is 11.5 Å². The summed E-state index contributed by atoms with van der Waals surface area (Å²) in [5.74, 6) is 1.68. The Hall–Kier alpha value is -3.81. The standard InChI is InChI=1S/C24H27N5O3/c1-5-32-20-13-17(8-11-19(20)30)22-27-23(26-18-9-6-16(7-10-18)14(2)3)28-24-25-15(4)12-21(31)29(22)24/h6-14,22,30H,5H2,1-4H3,(H2,25,26,27,28)/t22-/m1/s1. The topological polar surface area (TPSA) is 101 Å². The normalized spacial score (nSPS) is 15.0. The largest absolute Gasteiger partial charge is 0.504 e. The Morgan fingerprint density at radius 3 is 2.62 bits per heavy atom. The third-order valence-electron chi connectivity index (χ3n) is 5.23. The van der Waals surface area contributed by atoms with Gasteiger partial charge in [0.1, 0.15) is 0 Å². The first-order valence-electron chi connectivity index (χ1n) is 10.6. The molecule has 3 aromatic rings. The second kappa shape index (κ2) is 8.74. The molecule has 32 heavy (non-hydrogen) atoms. The second-order valence-corrected chi connectivity index (χ2v) is 7.97. The number of aromatic hydroxyl groups is 1. The summed E-state index contributed by atoms with van der Waals surface area (Å²) in [4.78, 5) is 22.1. The van der Waals surface area contributed by atoms with Gasteiger partial charge >= 0.3 is 0 Å². The highest BCUT2D eigenvalue weighted by molar-refractivity contribution is 6.03. The number of aliphatic imine (C=N–C) groups is 1. The van der Waals surface area contributed by atoms with Gasteiger partial charge in [0, 0.05) is 23.0 Å². The van der Waals surface area contributed by atoms with Gasteiger partial charge in [0.05, 0.1) is 6.61 Å². The summed E-state index contributed by atoms with van der Waals surface area (Å²) >= 11 is 0. The van der Waals surface area contributed by atoms with Crippen molar-refractivity contribution in [2.45, 2.75) is 39.8 Å². The molecule has 1 aliphatic rings. The van der Waals surface area contributed by atoms with E-state index < -0.39 is 6.17 Å². The number of benzene rings is 2. The fourth-order valence-corrected chi connectivity index (χ4v) is 3.59. The van der Waals surface area contributed by atoms with Gasteiger partial charge in [-0.05, 0) is 49.6 Å². The maximum absolute atomic E-state index is 12.8. The number of fused-ring (bicyclic) bond motifs is 1. The van der Waals surface area contributed by atoms with Crippen LogP contribution in [0.3, 0.4) is 0 Å². The third-order valence-corrected chi connectivity index (χ3v) is 5.23. The van der Waals surface area contributed by atoms with E-state index in [-0.39, 0.29) is 11.3 Å². The van der Waals surface area contributed by atoms with Gasteiger partial charge in [0.15, 0.2) is 17.7 Å². The van der Waals surface area contributed by atoms with Crippen molar-refractivity contribution in [3.05, 3.63) is 75.7 Å². The molecule has 0 saturated carbocycles. The van der Waals surface area contributed by atoms with Gasteiger partial charge in [-0.25, -0.2) is 9.98 Å². The first-order chi connectivity index (χ1) is 15.4. The Morgan fingerprint density at radius 2 is 1.94 bits per heavy atom. The van der Waals surface area contributed by atoms with E-state index in [1.165, 1.54) is 16.2 Å². The van der Waals surface area contributed by atoms with Crippen LogP contribution in [0.4, 0.5) is 11.6 Å². The van der Waals surface area contributed by atoms with Crippen LogP contribution in [0.2, 0.25) is 0 Å².